The van der Waals surface area contributed by atoms with Gasteiger partial charge in [0.05, 0.1) is 11.0 Å². The molecule has 7 heteroatoms. The summed E-state index contributed by atoms with van der Waals surface area (Å²) in [6, 6.07) is 16.6. The van der Waals surface area contributed by atoms with Crippen molar-refractivity contribution in [2.75, 3.05) is 0 Å². The van der Waals surface area contributed by atoms with Gasteiger partial charge in [-0.05, 0) is 17.5 Å². The molecule has 6 nitrogen and oxygen atoms in total. The standard InChI is InChI=1S/C16H10N2.C2H2O4.Pt/c1-3-12-7-5-11-6-8-13-4-2-10-18-16(13)14(11)15(12)17-9-1;3-1(4)2(5)6;/h1-10H;(H,3,4)(H,5,6);. The minimum absolute atomic E-state index is 0. The van der Waals surface area contributed by atoms with Crippen LogP contribution in [0, 0.1) is 0 Å². The Morgan fingerprint density at radius 1 is 0.680 bits per heavy atom. The van der Waals surface area contributed by atoms with Gasteiger partial charge in [-0.1, -0.05) is 36.4 Å². The summed E-state index contributed by atoms with van der Waals surface area (Å²) in [7, 11) is 0. The van der Waals surface area contributed by atoms with Crippen molar-refractivity contribution in [3.63, 3.8) is 0 Å². The summed E-state index contributed by atoms with van der Waals surface area (Å²) in [4.78, 5) is 27.2. The first-order valence-corrected chi connectivity index (χ1v) is 7.05. The topological polar surface area (TPSA) is 100 Å². The van der Waals surface area contributed by atoms with Gasteiger partial charge in [-0.25, -0.2) is 9.59 Å². The molecule has 0 aliphatic heterocycles. The van der Waals surface area contributed by atoms with E-state index in [4.69, 9.17) is 19.8 Å². The van der Waals surface area contributed by atoms with Crippen molar-refractivity contribution in [3.05, 3.63) is 60.9 Å². The molecule has 0 bridgehead atoms. The van der Waals surface area contributed by atoms with Gasteiger partial charge in [-0.2, -0.15) is 0 Å². The third kappa shape index (κ3) is 3.80. The summed E-state index contributed by atoms with van der Waals surface area (Å²) in [6.45, 7) is 0. The number of carboxylic acid groups (broad SMARTS) is 2. The Hall–Kier alpha value is -2.85. The van der Waals surface area contributed by atoms with Crippen molar-refractivity contribution >= 4 is 44.5 Å². The fraction of sp³-hybridized carbons (Fsp3) is 0. The molecule has 25 heavy (non-hydrogen) atoms. The number of carbonyl (C=O) groups is 2. The summed E-state index contributed by atoms with van der Waals surface area (Å²) in [5.74, 6) is -3.65. The first-order chi connectivity index (χ1) is 11.6. The molecule has 4 rings (SSSR count). The Bertz CT molecular complexity index is 1000. The molecule has 2 aromatic heterocycles. The summed E-state index contributed by atoms with van der Waals surface area (Å²) in [6.07, 6.45) is 3.67. The van der Waals surface area contributed by atoms with Gasteiger partial charge in [0.1, 0.15) is 0 Å². The van der Waals surface area contributed by atoms with Crippen molar-refractivity contribution in [1.29, 1.82) is 0 Å². The van der Waals surface area contributed by atoms with Gasteiger partial charge < -0.3 is 10.2 Å². The van der Waals surface area contributed by atoms with Crippen LogP contribution in [0.5, 0.6) is 0 Å². The van der Waals surface area contributed by atoms with Crippen molar-refractivity contribution in [2.45, 2.75) is 0 Å². The zero-order valence-corrected chi connectivity index (χ0v) is 15.0. The maximum absolute atomic E-state index is 9.10. The Morgan fingerprint density at radius 3 is 1.48 bits per heavy atom. The van der Waals surface area contributed by atoms with E-state index in [1.807, 2.05) is 24.5 Å². The van der Waals surface area contributed by atoms with Gasteiger partial charge in [0, 0.05) is 49.6 Å². The zero-order valence-electron chi connectivity index (χ0n) is 12.7. The number of hydrogen-bond acceptors (Lipinski definition) is 4. The summed E-state index contributed by atoms with van der Waals surface area (Å²) in [5, 5.41) is 19.4. The van der Waals surface area contributed by atoms with Gasteiger partial charge in [-0.15, -0.1) is 0 Å². The van der Waals surface area contributed by atoms with E-state index in [0.29, 0.717) is 0 Å². The average molecular weight is 515 g/mol. The minimum atomic E-state index is -1.82. The monoisotopic (exact) mass is 515 g/mol. The number of carboxylic acids is 2. The molecule has 128 valence electrons. The first-order valence-electron chi connectivity index (χ1n) is 7.05. The molecule has 2 heterocycles. The fourth-order valence-corrected chi connectivity index (χ4v) is 2.49. The van der Waals surface area contributed by atoms with E-state index in [1.54, 1.807) is 0 Å². The smallest absolute Gasteiger partial charge is 0.414 e. The van der Waals surface area contributed by atoms with E-state index in [-0.39, 0.29) is 21.1 Å². The van der Waals surface area contributed by atoms with Crippen molar-refractivity contribution in [1.82, 2.24) is 9.97 Å². The Morgan fingerprint density at radius 2 is 1.08 bits per heavy atom. The number of rotatable bonds is 0. The summed E-state index contributed by atoms with van der Waals surface area (Å²) >= 11 is 0. The van der Waals surface area contributed by atoms with E-state index in [1.165, 1.54) is 5.39 Å². The molecule has 0 aliphatic rings. The Balaban J connectivity index is 0.000000283. The van der Waals surface area contributed by atoms with E-state index in [0.717, 1.165) is 27.2 Å². The SMILES string of the molecule is O=C(O)C(=O)O.[Pt].c1cnc2c(c1)ccc1ccc3cccnc3c12. The van der Waals surface area contributed by atoms with Crippen LogP contribution in [0.2, 0.25) is 0 Å². The average Bonchev–Trinajstić information content (AvgIpc) is 2.61. The number of aromatic nitrogens is 2. The third-order valence-electron chi connectivity index (χ3n) is 3.51. The van der Waals surface area contributed by atoms with Gasteiger partial charge in [0.2, 0.25) is 0 Å². The second-order valence-corrected chi connectivity index (χ2v) is 4.99. The Labute approximate surface area is 156 Å². The summed E-state index contributed by atoms with van der Waals surface area (Å²) in [5.41, 5.74) is 2.05. The van der Waals surface area contributed by atoms with E-state index in [2.05, 4.69) is 46.4 Å². The summed E-state index contributed by atoms with van der Waals surface area (Å²) < 4.78 is 0. The van der Waals surface area contributed by atoms with Crippen LogP contribution in [0.1, 0.15) is 0 Å². The second-order valence-electron chi connectivity index (χ2n) is 4.99. The quantitative estimate of drug-likeness (QED) is 0.276. The van der Waals surface area contributed by atoms with Crippen LogP contribution >= 0.6 is 0 Å². The van der Waals surface area contributed by atoms with E-state index < -0.39 is 11.9 Å². The van der Waals surface area contributed by atoms with Crippen LogP contribution < -0.4 is 0 Å². The normalized spacial score (nSPS) is 9.92. The van der Waals surface area contributed by atoms with Gasteiger partial charge in [0.15, 0.2) is 0 Å². The van der Waals surface area contributed by atoms with E-state index >= 15 is 0 Å². The maximum atomic E-state index is 9.10. The molecule has 0 unspecified atom stereocenters. The Kier molecular flexibility index (Phi) is 5.78. The third-order valence-corrected chi connectivity index (χ3v) is 3.51. The fourth-order valence-electron chi connectivity index (χ4n) is 2.49. The molecule has 0 aliphatic carbocycles. The van der Waals surface area contributed by atoms with Crippen LogP contribution in [-0.4, -0.2) is 32.1 Å². The second kappa shape index (κ2) is 7.81. The first kappa shape index (κ1) is 18.5. The minimum Gasteiger partial charge on any atom is -0.473 e. The number of nitrogens with zero attached hydrogens (tertiary/aromatic N) is 2. The van der Waals surface area contributed by atoms with Gasteiger partial charge in [0.25, 0.3) is 0 Å². The van der Waals surface area contributed by atoms with Crippen LogP contribution in [0.25, 0.3) is 32.6 Å². The maximum Gasteiger partial charge on any atom is 0.414 e. The molecule has 0 saturated carbocycles. The number of benzene rings is 2. The molecule has 2 N–H and O–H groups in total. The molecule has 0 fully saturated rings. The van der Waals surface area contributed by atoms with Crippen LogP contribution in [0.4, 0.5) is 0 Å². The molecule has 0 atom stereocenters. The molecular weight excluding hydrogens is 503 g/mol. The van der Waals surface area contributed by atoms with Crippen molar-refractivity contribution in [2.24, 2.45) is 0 Å². The predicted molar refractivity (Wildman–Crippen MR) is 89.8 cm³/mol. The number of fused-ring (bicyclic) bond motifs is 5. The molecule has 0 spiro atoms. The molecule has 0 radical (unpaired) electrons. The van der Waals surface area contributed by atoms with Crippen LogP contribution in [0.3, 0.4) is 0 Å². The van der Waals surface area contributed by atoms with Crippen molar-refractivity contribution in [3.8, 4) is 0 Å². The van der Waals surface area contributed by atoms with E-state index in [9.17, 15) is 0 Å². The number of hydrogen-bond donors (Lipinski definition) is 2. The number of pyridine rings is 2. The van der Waals surface area contributed by atoms with Crippen molar-refractivity contribution < 1.29 is 40.9 Å². The molecule has 0 amide bonds. The predicted octanol–water partition coefficient (Wildman–Crippen LogP) is 3.09. The largest absolute Gasteiger partial charge is 0.473 e. The zero-order chi connectivity index (χ0) is 17.1. The molecule has 0 saturated heterocycles. The number of aliphatic carboxylic acids is 2. The van der Waals surface area contributed by atoms with Crippen LogP contribution in [-0.2, 0) is 30.7 Å². The van der Waals surface area contributed by atoms with Gasteiger partial charge >= 0.3 is 11.9 Å². The molecule has 4 aromatic rings. The molecular formula is C18H12N2O4Pt. The molecule has 2 aromatic carbocycles. The van der Waals surface area contributed by atoms with Crippen LogP contribution in [0.15, 0.2) is 60.9 Å². The van der Waals surface area contributed by atoms with Gasteiger partial charge in [-0.3, -0.25) is 9.97 Å².